The lowest BCUT2D eigenvalue weighted by molar-refractivity contribution is -0.147. The van der Waals surface area contributed by atoms with E-state index in [9.17, 15) is 14.4 Å². The minimum absolute atomic E-state index is 0.271. The van der Waals surface area contributed by atoms with E-state index in [2.05, 4.69) is 0 Å². The molecule has 0 aromatic heterocycles. The van der Waals surface area contributed by atoms with Crippen LogP contribution in [0.5, 0.6) is 0 Å². The van der Waals surface area contributed by atoms with Crippen LogP contribution in [0.25, 0.3) is 0 Å². The summed E-state index contributed by atoms with van der Waals surface area (Å²) in [6, 6.07) is 5.66. The number of amides is 2. The standard InChI is InChI=1S/C15H18N2O4/c1-2-21-15(20)12-7-4-8-17(12)14(19)11-6-3-5-10(9-11)13(16)18/h3,5-6,9,12H,2,4,7-8H2,1H3,(H2,16,18). The van der Waals surface area contributed by atoms with Crippen LogP contribution in [0, 0.1) is 0 Å². The van der Waals surface area contributed by atoms with Crippen molar-refractivity contribution in [3.63, 3.8) is 0 Å². The van der Waals surface area contributed by atoms with Gasteiger partial charge in [-0.25, -0.2) is 4.79 Å². The Bertz CT molecular complexity index is 571. The molecule has 0 spiro atoms. The van der Waals surface area contributed by atoms with E-state index in [1.165, 1.54) is 11.0 Å². The van der Waals surface area contributed by atoms with Crippen molar-refractivity contribution in [2.75, 3.05) is 13.2 Å². The summed E-state index contributed by atoms with van der Waals surface area (Å²) in [5.41, 5.74) is 5.83. The lowest BCUT2D eigenvalue weighted by Gasteiger charge is -2.23. The van der Waals surface area contributed by atoms with Crippen molar-refractivity contribution < 1.29 is 19.1 Å². The Hall–Kier alpha value is -2.37. The van der Waals surface area contributed by atoms with Crippen LogP contribution >= 0.6 is 0 Å². The summed E-state index contributed by atoms with van der Waals surface area (Å²) in [6.45, 7) is 2.52. The molecule has 0 bridgehead atoms. The zero-order chi connectivity index (χ0) is 15.4. The summed E-state index contributed by atoms with van der Waals surface area (Å²) in [7, 11) is 0. The van der Waals surface area contributed by atoms with Crippen molar-refractivity contribution in [2.45, 2.75) is 25.8 Å². The van der Waals surface area contributed by atoms with Crippen molar-refractivity contribution in [3.05, 3.63) is 35.4 Å². The van der Waals surface area contributed by atoms with Crippen LogP contribution in [0.2, 0.25) is 0 Å². The first kappa shape index (κ1) is 15.0. The average Bonchev–Trinajstić information content (AvgIpc) is 2.96. The summed E-state index contributed by atoms with van der Waals surface area (Å²) in [5, 5.41) is 0. The Morgan fingerprint density at radius 2 is 2.05 bits per heavy atom. The summed E-state index contributed by atoms with van der Waals surface area (Å²) in [5.74, 6) is -1.25. The van der Waals surface area contributed by atoms with Gasteiger partial charge in [0.15, 0.2) is 0 Å². The van der Waals surface area contributed by atoms with Gasteiger partial charge in [-0.05, 0) is 38.0 Å². The molecule has 1 aromatic carbocycles. The molecule has 2 amide bonds. The number of esters is 1. The van der Waals surface area contributed by atoms with E-state index in [-0.39, 0.29) is 24.0 Å². The Morgan fingerprint density at radius 3 is 2.71 bits per heavy atom. The summed E-state index contributed by atoms with van der Waals surface area (Å²) in [6.07, 6.45) is 1.35. The summed E-state index contributed by atoms with van der Waals surface area (Å²) < 4.78 is 5.00. The highest BCUT2D eigenvalue weighted by molar-refractivity contribution is 6.00. The molecule has 1 aliphatic rings. The fourth-order valence-corrected chi connectivity index (χ4v) is 2.46. The van der Waals surface area contributed by atoms with E-state index in [0.29, 0.717) is 18.5 Å². The number of hydrogen-bond acceptors (Lipinski definition) is 4. The van der Waals surface area contributed by atoms with E-state index < -0.39 is 11.9 Å². The first-order valence-corrected chi connectivity index (χ1v) is 6.92. The van der Waals surface area contributed by atoms with Crippen LogP contribution in [0.1, 0.15) is 40.5 Å². The molecule has 6 heteroatoms. The average molecular weight is 290 g/mol. The molecular formula is C15H18N2O4. The monoisotopic (exact) mass is 290 g/mol. The van der Waals surface area contributed by atoms with Crippen molar-refractivity contribution in [2.24, 2.45) is 5.73 Å². The fourth-order valence-electron chi connectivity index (χ4n) is 2.46. The number of rotatable bonds is 4. The molecule has 2 N–H and O–H groups in total. The first-order chi connectivity index (χ1) is 10.0. The molecule has 112 valence electrons. The van der Waals surface area contributed by atoms with Gasteiger partial charge in [0.2, 0.25) is 5.91 Å². The van der Waals surface area contributed by atoms with Gasteiger partial charge in [-0.2, -0.15) is 0 Å². The molecule has 1 unspecified atom stereocenters. The Morgan fingerprint density at radius 1 is 1.33 bits per heavy atom. The number of primary amides is 1. The Kier molecular flexibility index (Phi) is 4.57. The van der Waals surface area contributed by atoms with Crippen molar-refractivity contribution in [1.82, 2.24) is 4.90 Å². The lowest BCUT2D eigenvalue weighted by Crippen LogP contribution is -2.41. The van der Waals surface area contributed by atoms with Crippen LogP contribution < -0.4 is 5.73 Å². The second-order valence-electron chi connectivity index (χ2n) is 4.85. The second kappa shape index (κ2) is 6.39. The molecule has 1 heterocycles. The number of benzene rings is 1. The molecule has 1 fully saturated rings. The van der Waals surface area contributed by atoms with Gasteiger partial charge in [-0.15, -0.1) is 0 Å². The molecule has 21 heavy (non-hydrogen) atoms. The van der Waals surface area contributed by atoms with E-state index in [1.54, 1.807) is 25.1 Å². The molecule has 1 saturated heterocycles. The highest BCUT2D eigenvalue weighted by Gasteiger charge is 2.35. The third kappa shape index (κ3) is 3.21. The summed E-state index contributed by atoms with van der Waals surface area (Å²) >= 11 is 0. The van der Waals surface area contributed by atoms with Crippen LogP contribution in [-0.2, 0) is 9.53 Å². The third-order valence-corrected chi connectivity index (χ3v) is 3.47. The molecule has 1 atom stereocenters. The number of likely N-dealkylation sites (tertiary alicyclic amines) is 1. The highest BCUT2D eigenvalue weighted by atomic mass is 16.5. The van der Waals surface area contributed by atoms with Gasteiger partial charge >= 0.3 is 5.97 Å². The van der Waals surface area contributed by atoms with Gasteiger partial charge in [-0.1, -0.05) is 6.07 Å². The van der Waals surface area contributed by atoms with Gasteiger partial charge in [0, 0.05) is 17.7 Å². The van der Waals surface area contributed by atoms with Crippen LogP contribution in [-0.4, -0.2) is 41.9 Å². The number of nitrogens with two attached hydrogens (primary N) is 1. The van der Waals surface area contributed by atoms with Crippen molar-refractivity contribution in [1.29, 1.82) is 0 Å². The summed E-state index contributed by atoms with van der Waals surface area (Å²) in [4.78, 5) is 37.1. The smallest absolute Gasteiger partial charge is 0.328 e. The maximum atomic E-state index is 12.5. The van der Waals surface area contributed by atoms with Gasteiger partial charge in [0.25, 0.3) is 5.91 Å². The van der Waals surface area contributed by atoms with E-state index in [0.717, 1.165) is 6.42 Å². The number of carbonyl (C=O) groups is 3. The van der Waals surface area contributed by atoms with Gasteiger partial charge in [-0.3, -0.25) is 9.59 Å². The zero-order valence-electron chi connectivity index (χ0n) is 11.9. The van der Waals surface area contributed by atoms with Crippen molar-refractivity contribution >= 4 is 17.8 Å². The highest BCUT2D eigenvalue weighted by Crippen LogP contribution is 2.21. The Labute approximate surface area is 122 Å². The lowest BCUT2D eigenvalue weighted by atomic mass is 10.1. The Balaban J connectivity index is 2.20. The van der Waals surface area contributed by atoms with Crippen molar-refractivity contribution in [3.8, 4) is 0 Å². The molecule has 6 nitrogen and oxygen atoms in total. The molecule has 1 aromatic rings. The van der Waals surface area contributed by atoms with Crippen LogP contribution in [0.15, 0.2) is 24.3 Å². The van der Waals surface area contributed by atoms with E-state index in [4.69, 9.17) is 10.5 Å². The van der Waals surface area contributed by atoms with Crippen LogP contribution in [0.4, 0.5) is 0 Å². The zero-order valence-corrected chi connectivity index (χ0v) is 11.9. The predicted octanol–water partition coefficient (Wildman–Crippen LogP) is 0.953. The minimum atomic E-state index is -0.590. The number of hydrogen-bond donors (Lipinski definition) is 1. The molecule has 1 aliphatic heterocycles. The third-order valence-electron chi connectivity index (χ3n) is 3.47. The topological polar surface area (TPSA) is 89.7 Å². The SMILES string of the molecule is CCOC(=O)C1CCCN1C(=O)c1cccc(C(N)=O)c1. The quantitative estimate of drug-likeness (QED) is 0.836. The second-order valence-corrected chi connectivity index (χ2v) is 4.85. The number of ether oxygens (including phenoxy) is 1. The largest absolute Gasteiger partial charge is 0.464 e. The molecule has 0 saturated carbocycles. The number of nitrogens with zero attached hydrogens (tertiary/aromatic N) is 1. The van der Waals surface area contributed by atoms with Gasteiger partial charge < -0.3 is 15.4 Å². The van der Waals surface area contributed by atoms with Gasteiger partial charge in [0.1, 0.15) is 6.04 Å². The normalized spacial score (nSPS) is 17.6. The molecule has 2 rings (SSSR count). The predicted molar refractivity (Wildman–Crippen MR) is 75.7 cm³/mol. The first-order valence-electron chi connectivity index (χ1n) is 6.92. The number of carbonyl (C=O) groups excluding carboxylic acids is 3. The van der Waals surface area contributed by atoms with E-state index >= 15 is 0 Å². The van der Waals surface area contributed by atoms with E-state index in [1.807, 2.05) is 0 Å². The maximum Gasteiger partial charge on any atom is 0.328 e. The minimum Gasteiger partial charge on any atom is -0.464 e. The van der Waals surface area contributed by atoms with Gasteiger partial charge in [0.05, 0.1) is 6.61 Å². The molecule has 0 radical (unpaired) electrons. The fraction of sp³-hybridized carbons (Fsp3) is 0.400. The maximum absolute atomic E-state index is 12.5. The molecular weight excluding hydrogens is 272 g/mol. The molecule has 0 aliphatic carbocycles. The van der Waals surface area contributed by atoms with Crippen LogP contribution in [0.3, 0.4) is 0 Å².